The van der Waals surface area contributed by atoms with E-state index in [1.54, 1.807) is 0 Å². The largest absolute Gasteiger partial charge is 0.465 e. The van der Waals surface area contributed by atoms with Crippen molar-refractivity contribution < 1.29 is 46.7 Å². The normalized spacial score (nSPS) is 23.3. The molecule has 1 heterocycles. The molecule has 0 radical (unpaired) electrons. The summed E-state index contributed by atoms with van der Waals surface area (Å²) < 4.78 is 46.6. The maximum Gasteiger partial charge on any atom is 0.327 e. The number of hydrogen-bond donors (Lipinski definition) is 2. The Morgan fingerprint density at radius 1 is 1.14 bits per heavy atom. The van der Waals surface area contributed by atoms with Gasteiger partial charge in [-0.3, -0.25) is 18.9 Å². The first-order chi connectivity index (χ1) is 13.6. The van der Waals surface area contributed by atoms with Crippen LogP contribution >= 0.6 is 0 Å². The second-order valence-electron chi connectivity index (χ2n) is 7.31. The number of esters is 3. The third kappa shape index (κ3) is 9.09. The molecule has 2 N–H and O–H groups in total. The van der Waals surface area contributed by atoms with E-state index in [4.69, 9.17) is 18.8 Å². The van der Waals surface area contributed by atoms with Crippen molar-refractivity contribution in [1.29, 1.82) is 0 Å². The van der Waals surface area contributed by atoms with Crippen LogP contribution in [0.15, 0.2) is 0 Å². The lowest BCUT2D eigenvalue weighted by atomic mass is 9.92. The third-order valence-corrected chi connectivity index (χ3v) is 5.72. The fraction of sp³-hybridized carbons (Fsp3) is 0.833. The zero-order valence-corrected chi connectivity index (χ0v) is 17.4. The van der Waals surface area contributed by atoms with E-state index in [2.05, 4.69) is 6.92 Å². The molecule has 1 aliphatic rings. The highest BCUT2D eigenvalue weighted by Gasteiger charge is 2.42. The molecule has 1 rings (SSSR count). The van der Waals surface area contributed by atoms with Crippen molar-refractivity contribution in [2.24, 2.45) is 5.41 Å². The molecular formula is C18H30O10S. The van der Waals surface area contributed by atoms with Crippen LogP contribution in [0.3, 0.4) is 0 Å². The number of unbranched alkanes of at least 4 members (excludes halogenated alkanes) is 5. The van der Waals surface area contributed by atoms with Crippen molar-refractivity contribution in [3.63, 3.8) is 0 Å². The van der Waals surface area contributed by atoms with Gasteiger partial charge < -0.3 is 19.3 Å². The predicted molar refractivity (Wildman–Crippen MR) is 100 cm³/mol. The predicted octanol–water partition coefficient (Wildman–Crippen LogP) is 1.01. The first-order valence-corrected chi connectivity index (χ1v) is 11.2. The zero-order chi connectivity index (χ0) is 21.9. The highest BCUT2D eigenvalue weighted by molar-refractivity contribution is 7.87. The lowest BCUT2D eigenvalue weighted by Gasteiger charge is -2.29. The number of carbonyl (C=O) groups is 3. The molecule has 11 heteroatoms. The van der Waals surface area contributed by atoms with Gasteiger partial charge in [0.1, 0.15) is 19.8 Å². The summed E-state index contributed by atoms with van der Waals surface area (Å²) >= 11 is 0. The van der Waals surface area contributed by atoms with Crippen molar-refractivity contribution in [3.05, 3.63) is 0 Å². The minimum Gasteiger partial charge on any atom is -0.465 e. The Hall–Kier alpha value is -1.72. The summed E-state index contributed by atoms with van der Waals surface area (Å²) in [5.41, 5.74) is -1.42. The Labute approximate surface area is 170 Å². The molecule has 1 saturated heterocycles. The van der Waals surface area contributed by atoms with Gasteiger partial charge in [-0.05, 0) is 6.42 Å². The first-order valence-electron chi connectivity index (χ1n) is 9.68. The number of carbonyl (C=O) groups excluding carboxylic acids is 3. The third-order valence-electron chi connectivity index (χ3n) is 4.64. The molecule has 0 amide bonds. The second-order valence-corrected chi connectivity index (χ2v) is 8.91. The van der Waals surface area contributed by atoms with E-state index in [1.165, 1.54) is 0 Å². The lowest BCUT2D eigenvalue weighted by molar-refractivity contribution is -0.161. The molecule has 0 aliphatic carbocycles. The van der Waals surface area contributed by atoms with Crippen LogP contribution < -0.4 is 0 Å². The summed E-state index contributed by atoms with van der Waals surface area (Å²) in [6, 6.07) is 0. The number of aliphatic hydroxyl groups excluding tert-OH is 1. The van der Waals surface area contributed by atoms with Crippen LogP contribution in [0.5, 0.6) is 0 Å². The topological polar surface area (TPSA) is 154 Å². The molecule has 10 nitrogen and oxygen atoms in total. The number of ether oxygens (including phenoxy) is 3. The van der Waals surface area contributed by atoms with Crippen LogP contribution in [0, 0.1) is 5.41 Å². The van der Waals surface area contributed by atoms with Crippen molar-refractivity contribution >= 4 is 28.0 Å². The molecule has 0 aromatic carbocycles. The van der Waals surface area contributed by atoms with Crippen LogP contribution in [-0.4, -0.2) is 67.7 Å². The number of rotatable bonds is 11. The molecule has 168 valence electrons. The molecule has 2 atom stereocenters. The van der Waals surface area contributed by atoms with Gasteiger partial charge in [-0.2, -0.15) is 8.42 Å². The van der Waals surface area contributed by atoms with E-state index in [1.807, 2.05) is 0 Å². The standard InChI is InChI=1S/C18H30O10S/c1-2-3-4-5-6-7-8-15(20)26-11-18(10-19)12-27-16(21)9-14(29(23,24)25)17(22)28-13-18/h14,19H,2-13H2,1H3,(H,23,24,25). The molecular weight excluding hydrogens is 408 g/mol. The summed E-state index contributed by atoms with van der Waals surface area (Å²) in [5.74, 6) is -2.91. The fourth-order valence-electron chi connectivity index (χ4n) is 2.69. The Kier molecular flexibility index (Phi) is 10.5. The van der Waals surface area contributed by atoms with Gasteiger partial charge in [-0.25, -0.2) is 0 Å². The van der Waals surface area contributed by atoms with E-state index >= 15 is 0 Å². The van der Waals surface area contributed by atoms with Gasteiger partial charge in [0, 0.05) is 6.42 Å². The molecule has 2 unspecified atom stereocenters. The van der Waals surface area contributed by atoms with Crippen molar-refractivity contribution in [2.45, 2.75) is 63.5 Å². The van der Waals surface area contributed by atoms with E-state index in [0.717, 1.165) is 32.1 Å². The van der Waals surface area contributed by atoms with E-state index in [0.29, 0.717) is 6.42 Å². The molecule has 0 aromatic rings. The van der Waals surface area contributed by atoms with Gasteiger partial charge in [0.2, 0.25) is 0 Å². The Balaban J connectivity index is 2.62. The summed E-state index contributed by atoms with van der Waals surface area (Å²) in [6.45, 7) is 0.0942. The Morgan fingerprint density at radius 2 is 1.76 bits per heavy atom. The number of hydrogen-bond acceptors (Lipinski definition) is 9. The minimum atomic E-state index is -4.88. The quantitative estimate of drug-likeness (QED) is 0.207. The van der Waals surface area contributed by atoms with Crippen LogP contribution in [0.1, 0.15) is 58.3 Å². The Bertz CT molecular complexity index is 660. The van der Waals surface area contributed by atoms with Crippen LogP contribution in [-0.2, 0) is 38.7 Å². The molecule has 29 heavy (non-hydrogen) atoms. The van der Waals surface area contributed by atoms with E-state index in [9.17, 15) is 27.9 Å². The highest BCUT2D eigenvalue weighted by Crippen LogP contribution is 2.23. The monoisotopic (exact) mass is 438 g/mol. The van der Waals surface area contributed by atoms with E-state index < -0.39 is 64.9 Å². The van der Waals surface area contributed by atoms with Crippen LogP contribution in [0.25, 0.3) is 0 Å². The van der Waals surface area contributed by atoms with E-state index in [-0.39, 0.29) is 13.0 Å². The van der Waals surface area contributed by atoms with Crippen molar-refractivity contribution in [1.82, 2.24) is 0 Å². The summed E-state index contributed by atoms with van der Waals surface area (Å²) in [5, 5.41) is 7.61. The molecule has 0 saturated carbocycles. The maximum absolute atomic E-state index is 11.9. The van der Waals surface area contributed by atoms with Gasteiger partial charge in [-0.15, -0.1) is 0 Å². The average molecular weight is 438 g/mol. The average Bonchev–Trinajstić information content (AvgIpc) is 2.73. The Morgan fingerprint density at radius 3 is 2.38 bits per heavy atom. The van der Waals surface area contributed by atoms with Gasteiger partial charge in [0.15, 0.2) is 5.25 Å². The van der Waals surface area contributed by atoms with Gasteiger partial charge in [0.05, 0.1) is 18.4 Å². The molecule has 1 fully saturated rings. The first kappa shape index (κ1) is 25.3. The molecule has 0 spiro atoms. The molecule has 0 aromatic heterocycles. The van der Waals surface area contributed by atoms with Gasteiger partial charge in [-0.1, -0.05) is 39.0 Å². The van der Waals surface area contributed by atoms with Crippen molar-refractivity contribution in [3.8, 4) is 0 Å². The maximum atomic E-state index is 11.9. The van der Waals surface area contributed by atoms with Crippen LogP contribution in [0.4, 0.5) is 0 Å². The summed E-state index contributed by atoms with van der Waals surface area (Å²) in [7, 11) is -4.88. The van der Waals surface area contributed by atoms with Crippen molar-refractivity contribution in [2.75, 3.05) is 26.4 Å². The molecule has 1 aliphatic heterocycles. The number of cyclic esters (lactones) is 2. The summed E-state index contributed by atoms with van der Waals surface area (Å²) in [6.07, 6.45) is 5.25. The van der Waals surface area contributed by atoms with Crippen LogP contribution in [0.2, 0.25) is 0 Å². The second kappa shape index (κ2) is 12.1. The highest BCUT2D eigenvalue weighted by atomic mass is 32.2. The summed E-state index contributed by atoms with van der Waals surface area (Å²) in [4.78, 5) is 35.7. The van der Waals surface area contributed by atoms with Gasteiger partial charge >= 0.3 is 17.9 Å². The number of aliphatic hydroxyl groups is 1. The van der Waals surface area contributed by atoms with Gasteiger partial charge in [0.25, 0.3) is 10.1 Å². The lowest BCUT2D eigenvalue weighted by Crippen LogP contribution is -2.42. The smallest absolute Gasteiger partial charge is 0.327 e. The molecule has 0 bridgehead atoms. The zero-order valence-electron chi connectivity index (χ0n) is 16.6. The minimum absolute atomic E-state index is 0.192. The SMILES string of the molecule is CCCCCCCCC(=O)OCC1(CO)COC(=O)CC(S(=O)(=O)O)C(=O)OC1. The fourth-order valence-corrected chi connectivity index (χ4v) is 3.35.